The van der Waals surface area contributed by atoms with Crippen LogP contribution >= 0.6 is 31.9 Å². The fourth-order valence-electron chi connectivity index (χ4n) is 3.14. The van der Waals surface area contributed by atoms with Crippen LogP contribution in [0, 0.1) is 0 Å². The molecule has 180 valence electrons. The lowest BCUT2D eigenvalue weighted by atomic mass is 10.1. The first-order chi connectivity index (χ1) is 15.2. The molecular weight excluding hydrogens is 574 g/mol. The maximum atomic E-state index is 13.5. The Labute approximate surface area is 212 Å². The summed E-state index contributed by atoms with van der Waals surface area (Å²) in [5, 5.41) is 2.89. The van der Waals surface area contributed by atoms with Crippen molar-refractivity contribution in [2.45, 2.75) is 45.8 Å². The van der Waals surface area contributed by atoms with Gasteiger partial charge in [-0.1, -0.05) is 40.2 Å². The van der Waals surface area contributed by atoms with Crippen LogP contribution in [0.4, 0.5) is 5.69 Å². The molecule has 2 aromatic carbocycles. The standard InChI is InChI=1S/C23H29Br2N3O4S/c1-16(22(30)26-23(2,3)4)27(14-17-9-8-10-18(24)13-17)21(29)15-28(33(5,31)32)20-12-7-6-11-19(20)25/h6-13,16H,14-15H2,1-5H3,(H,26,30)/t16-/m1/s1. The molecule has 1 N–H and O–H groups in total. The van der Waals surface area contributed by atoms with E-state index in [0.29, 0.717) is 10.2 Å². The van der Waals surface area contributed by atoms with Crippen LogP contribution in [0.3, 0.4) is 0 Å². The van der Waals surface area contributed by atoms with Crippen LogP contribution in [0.15, 0.2) is 57.5 Å². The van der Waals surface area contributed by atoms with Crippen LogP contribution in [0.1, 0.15) is 33.3 Å². The van der Waals surface area contributed by atoms with E-state index in [0.717, 1.165) is 20.6 Å². The van der Waals surface area contributed by atoms with Crippen molar-refractivity contribution >= 4 is 59.4 Å². The topological polar surface area (TPSA) is 86.8 Å². The highest BCUT2D eigenvalue weighted by molar-refractivity contribution is 9.10. The van der Waals surface area contributed by atoms with Gasteiger partial charge in [0, 0.05) is 21.0 Å². The second-order valence-electron chi connectivity index (χ2n) is 8.79. The van der Waals surface area contributed by atoms with Crippen molar-refractivity contribution < 1.29 is 18.0 Å². The fourth-order valence-corrected chi connectivity index (χ4v) is 5.06. The van der Waals surface area contributed by atoms with E-state index in [2.05, 4.69) is 37.2 Å². The highest BCUT2D eigenvalue weighted by Gasteiger charge is 2.31. The lowest BCUT2D eigenvalue weighted by Crippen LogP contribution is -2.54. The van der Waals surface area contributed by atoms with Gasteiger partial charge in [0.2, 0.25) is 21.8 Å². The SMILES string of the molecule is C[C@H](C(=O)NC(C)(C)C)N(Cc1cccc(Br)c1)C(=O)CN(c1ccccc1Br)S(C)(=O)=O. The molecule has 10 heteroatoms. The Balaban J connectivity index is 2.42. The number of nitrogens with zero attached hydrogens (tertiary/aromatic N) is 2. The van der Waals surface area contributed by atoms with E-state index in [4.69, 9.17) is 0 Å². The number of carbonyl (C=O) groups is 2. The summed E-state index contributed by atoms with van der Waals surface area (Å²) in [6, 6.07) is 13.4. The van der Waals surface area contributed by atoms with Gasteiger partial charge in [0.25, 0.3) is 0 Å². The highest BCUT2D eigenvalue weighted by atomic mass is 79.9. The third kappa shape index (κ3) is 8.12. The maximum absolute atomic E-state index is 13.5. The second kappa shape index (κ2) is 11.0. The van der Waals surface area contributed by atoms with Gasteiger partial charge in [-0.25, -0.2) is 8.42 Å². The van der Waals surface area contributed by atoms with Gasteiger partial charge in [0.15, 0.2) is 0 Å². The zero-order valence-corrected chi connectivity index (χ0v) is 23.3. The number of benzene rings is 2. The zero-order chi connectivity index (χ0) is 25.0. The second-order valence-corrected chi connectivity index (χ2v) is 12.5. The van der Waals surface area contributed by atoms with Crippen molar-refractivity contribution in [2.24, 2.45) is 0 Å². The van der Waals surface area contributed by atoms with Crippen LogP contribution in [-0.4, -0.2) is 49.5 Å². The number of hydrogen-bond acceptors (Lipinski definition) is 4. The number of carbonyl (C=O) groups excluding carboxylic acids is 2. The molecule has 0 aliphatic heterocycles. The molecule has 0 radical (unpaired) electrons. The summed E-state index contributed by atoms with van der Waals surface area (Å²) in [5.74, 6) is -0.814. The van der Waals surface area contributed by atoms with E-state index < -0.39 is 34.1 Å². The summed E-state index contributed by atoms with van der Waals surface area (Å²) < 4.78 is 27.6. The van der Waals surface area contributed by atoms with Crippen LogP contribution in [0.25, 0.3) is 0 Å². The predicted octanol–water partition coefficient (Wildman–Crippen LogP) is 4.31. The minimum absolute atomic E-state index is 0.143. The molecule has 0 aromatic heterocycles. The van der Waals surface area contributed by atoms with Crippen molar-refractivity contribution in [3.05, 3.63) is 63.0 Å². The third-order valence-electron chi connectivity index (χ3n) is 4.71. The van der Waals surface area contributed by atoms with Gasteiger partial charge in [-0.2, -0.15) is 0 Å². The Kier molecular flexibility index (Phi) is 9.12. The monoisotopic (exact) mass is 601 g/mol. The molecule has 0 saturated heterocycles. The Morgan fingerprint density at radius 2 is 1.70 bits per heavy atom. The van der Waals surface area contributed by atoms with E-state index >= 15 is 0 Å². The van der Waals surface area contributed by atoms with Crippen molar-refractivity contribution in [3.8, 4) is 0 Å². The normalized spacial score (nSPS) is 12.7. The summed E-state index contributed by atoms with van der Waals surface area (Å²) in [5.41, 5.74) is 0.672. The molecule has 0 heterocycles. The largest absolute Gasteiger partial charge is 0.350 e. The molecule has 7 nitrogen and oxygen atoms in total. The number of halogens is 2. The van der Waals surface area contributed by atoms with Crippen LogP contribution in [0.2, 0.25) is 0 Å². The first-order valence-electron chi connectivity index (χ1n) is 10.3. The summed E-state index contributed by atoms with van der Waals surface area (Å²) in [6.07, 6.45) is 1.05. The van der Waals surface area contributed by atoms with Crippen molar-refractivity contribution in [2.75, 3.05) is 17.1 Å². The molecule has 0 bridgehead atoms. The number of nitrogens with one attached hydrogen (secondary N) is 1. The summed E-state index contributed by atoms with van der Waals surface area (Å²) >= 11 is 6.79. The summed E-state index contributed by atoms with van der Waals surface area (Å²) in [4.78, 5) is 27.8. The number of rotatable bonds is 8. The predicted molar refractivity (Wildman–Crippen MR) is 138 cm³/mol. The van der Waals surface area contributed by atoms with Crippen LogP contribution < -0.4 is 9.62 Å². The quantitative estimate of drug-likeness (QED) is 0.488. The molecule has 1 atom stereocenters. The number of amides is 2. The third-order valence-corrected chi connectivity index (χ3v) is 7.00. The van der Waals surface area contributed by atoms with Gasteiger partial charge in [0.1, 0.15) is 12.6 Å². The van der Waals surface area contributed by atoms with E-state index in [9.17, 15) is 18.0 Å². The highest BCUT2D eigenvalue weighted by Crippen LogP contribution is 2.28. The molecule has 0 unspecified atom stereocenters. The van der Waals surface area contributed by atoms with Crippen molar-refractivity contribution in [1.29, 1.82) is 0 Å². The average molecular weight is 603 g/mol. The maximum Gasteiger partial charge on any atom is 0.244 e. The Bertz CT molecular complexity index is 1120. The minimum Gasteiger partial charge on any atom is -0.350 e. The van der Waals surface area contributed by atoms with Gasteiger partial charge in [-0.05, 0) is 73.5 Å². The number of anilines is 1. The molecule has 33 heavy (non-hydrogen) atoms. The summed E-state index contributed by atoms with van der Waals surface area (Å²) in [6.45, 7) is 6.91. The molecule has 2 aromatic rings. The lowest BCUT2D eigenvalue weighted by Gasteiger charge is -2.33. The molecule has 2 rings (SSSR count). The lowest BCUT2D eigenvalue weighted by molar-refractivity contribution is -0.140. The van der Waals surface area contributed by atoms with Crippen molar-refractivity contribution in [3.63, 3.8) is 0 Å². The van der Waals surface area contributed by atoms with Gasteiger partial charge < -0.3 is 10.2 Å². The Morgan fingerprint density at radius 1 is 1.06 bits per heavy atom. The molecular formula is C23H29Br2N3O4S. The number of sulfonamides is 1. The minimum atomic E-state index is -3.78. The molecule has 0 fully saturated rings. The van der Waals surface area contributed by atoms with Gasteiger partial charge >= 0.3 is 0 Å². The Hall–Kier alpha value is -1.91. The fraction of sp³-hybridized carbons (Fsp3) is 0.391. The first kappa shape index (κ1) is 27.3. The molecule has 2 amide bonds. The van der Waals surface area contributed by atoms with E-state index in [1.165, 1.54) is 4.90 Å². The number of para-hydroxylation sites is 1. The number of hydrogen-bond donors (Lipinski definition) is 1. The van der Waals surface area contributed by atoms with Gasteiger partial charge in [-0.15, -0.1) is 0 Å². The zero-order valence-electron chi connectivity index (χ0n) is 19.3. The van der Waals surface area contributed by atoms with E-state index in [-0.39, 0.29) is 12.5 Å². The van der Waals surface area contributed by atoms with E-state index in [1.807, 2.05) is 45.0 Å². The molecule has 0 spiro atoms. The van der Waals surface area contributed by atoms with Gasteiger partial charge in [-0.3, -0.25) is 13.9 Å². The van der Waals surface area contributed by atoms with Crippen LogP contribution in [-0.2, 0) is 26.2 Å². The van der Waals surface area contributed by atoms with Crippen LogP contribution in [0.5, 0.6) is 0 Å². The van der Waals surface area contributed by atoms with Gasteiger partial charge in [0.05, 0.1) is 11.9 Å². The summed E-state index contributed by atoms with van der Waals surface area (Å²) in [7, 11) is -3.78. The molecule has 0 aliphatic carbocycles. The van der Waals surface area contributed by atoms with E-state index in [1.54, 1.807) is 31.2 Å². The first-order valence-corrected chi connectivity index (χ1v) is 13.7. The Morgan fingerprint density at radius 3 is 2.24 bits per heavy atom. The van der Waals surface area contributed by atoms with Crippen molar-refractivity contribution in [1.82, 2.24) is 10.2 Å². The average Bonchev–Trinajstić information content (AvgIpc) is 2.68. The smallest absolute Gasteiger partial charge is 0.244 e. The molecule has 0 aliphatic rings. The molecule has 0 saturated carbocycles.